The summed E-state index contributed by atoms with van der Waals surface area (Å²) >= 11 is 1.89. The lowest BCUT2D eigenvalue weighted by Gasteiger charge is -2.37. The van der Waals surface area contributed by atoms with Crippen LogP contribution in [0.25, 0.3) is 53.2 Å². The molecule has 14 aromatic rings. The van der Waals surface area contributed by atoms with Gasteiger partial charge < -0.3 is 19.1 Å². The third kappa shape index (κ3) is 11.1. The first-order valence-electron chi connectivity index (χ1n) is 34.9. The van der Waals surface area contributed by atoms with Crippen molar-refractivity contribution in [1.82, 2.24) is 0 Å². The third-order valence-corrected chi connectivity index (χ3v) is 23.8. The molecule has 0 fully saturated rings. The molecular formula is C92H89N3OSSi. The Morgan fingerprint density at radius 1 is 0.337 bits per heavy atom. The molecule has 4 nitrogen and oxygen atoms in total. The highest BCUT2D eigenvalue weighted by Gasteiger charge is 2.51. The van der Waals surface area contributed by atoms with Crippen molar-refractivity contribution in [2.75, 3.05) is 14.7 Å². The zero-order valence-corrected chi connectivity index (χ0v) is 61.4. The van der Waals surface area contributed by atoms with Crippen LogP contribution in [0.3, 0.4) is 0 Å². The molecule has 15 rings (SSSR count). The molecule has 2 heterocycles. The number of rotatable bonds is 12. The molecule has 1 aliphatic carbocycles. The van der Waals surface area contributed by atoms with E-state index in [4.69, 9.17) is 4.42 Å². The number of hydrogen-bond acceptors (Lipinski definition) is 5. The molecule has 2 aromatic heterocycles. The monoisotopic (exact) mass is 1310 g/mol. The molecule has 1 aliphatic rings. The van der Waals surface area contributed by atoms with Gasteiger partial charge in [0.2, 0.25) is 0 Å². The fourth-order valence-electron chi connectivity index (χ4n) is 15.1. The highest BCUT2D eigenvalue weighted by molar-refractivity contribution is 7.26. The molecule has 1 atom stereocenters. The first-order chi connectivity index (χ1) is 46.8. The predicted octanol–water partition coefficient (Wildman–Crippen LogP) is 26.5. The summed E-state index contributed by atoms with van der Waals surface area (Å²) in [5.41, 5.74) is 22.6. The van der Waals surface area contributed by atoms with E-state index in [-0.39, 0.29) is 21.7 Å². The maximum atomic E-state index is 7.77. The first-order valence-corrected chi connectivity index (χ1v) is 39.2. The Kier molecular flexibility index (Phi) is 15.6. The van der Waals surface area contributed by atoms with E-state index in [1.165, 1.54) is 64.3 Å². The molecule has 0 amide bonds. The molecule has 0 bridgehead atoms. The molecule has 488 valence electrons. The van der Waals surface area contributed by atoms with Crippen LogP contribution in [0.1, 0.15) is 128 Å². The Morgan fingerprint density at radius 3 is 1.14 bits per heavy atom. The van der Waals surface area contributed by atoms with Crippen molar-refractivity contribution in [3.63, 3.8) is 0 Å². The number of hydrogen-bond donors (Lipinski definition) is 0. The van der Waals surface area contributed by atoms with Crippen LogP contribution in [0.4, 0.5) is 51.2 Å². The van der Waals surface area contributed by atoms with Gasteiger partial charge in [0.1, 0.15) is 11.2 Å². The van der Waals surface area contributed by atoms with Gasteiger partial charge in [-0.2, -0.15) is 0 Å². The zero-order chi connectivity index (χ0) is 68.4. The van der Waals surface area contributed by atoms with E-state index in [0.29, 0.717) is 0 Å². The molecule has 6 heteroatoms. The zero-order valence-electron chi connectivity index (χ0n) is 59.6. The van der Waals surface area contributed by atoms with E-state index in [9.17, 15) is 0 Å². The minimum absolute atomic E-state index is 0.00654. The molecule has 0 N–H and O–H groups in total. The Hall–Kier alpha value is -9.72. The Morgan fingerprint density at radius 2 is 0.694 bits per heavy atom. The lowest BCUT2D eigenvalue weighted by molar-refractivity contribution is 0.590. The van der Waals surface area contributed by atoms with Crippen molar-refractivity contribution < 1.29 is 4.42 Å². The SMILES string of the molecule is CC(C)(C)c1ccc(N(c2ccc(C(C)(C)C)cc2)c2ccc(C3(c4ccc([Si](C)(C)C)cc4)c4cc(N(c5ccccc5)c5ccc(C(C)(C)C)cc5)c5c(oc6ccccc65)c4-c4c3cc(N(c3ccccc3)c3ccc(C(C)(C)C)cc3)c3sc5ccccc5c43)cc2)cc1. The van der Waals surface area contributed by atoms with E-state index < -0.39 is 13.5 Å². The lowest BCUT2D eigenvalue weighted by Crippen LogP contribution is -2.38. The summed E-state index contributed by atoms with van der Waals surface area (Å²) in [6.45, 7) is 34.9. The second-order valence-corrected chi connectivity index (χ2v) is 38.4. The van der Waals surface area contributed by atoms with Crippen molar-refractivity contribution in [1.29, 1.82) is 0 Å². The predicted molar refractivity (Wildman–Crippen MR) is 426 cm³/mol. The van der Waals surface area contributed by atoms with Crippen LogP contribution in [0.5, 0.6) is 0 Å². The van der Waals surface area contributed by atoms with Crippen LogP contribution in [-0.4, -0.2) is 8.07 Å². The third-order valence-electron chi connectivity index (χ3n) is 20.5. The number of furan rings is 1. The summed E-state index contributed by atoms with van der Waals surface area (Å²) in [6, 6.07) is 102. The summed E-state index contributed by atoms with van der Waals surface area (Å²) in [5, 5.41) is 5.99. The fourth-order valence-corrected chi connectivity index (χ4v) is 17.5. The number of nitrogens with zero attached hydrogens (tertiary/aromatic N) is 3. The van der Waals surface area contributed by atoms with Gasteiger partial charge in [-0.05, 0) is 181 Å². The van der Waals surface area contributed by atoms with Gasteiger partial charge in [0.25, 0.3) is 0 Å². The second-order valence-electron chi connectivity index (χ2n) is 32.2. The smallest absolute Gasteiger partial charge is 0.145 e. The fraction of sp³-hybridized carbons (Fsp3) is 0.217. The highest BCUT2D eigenvalue weighted by Crippen LogP contribution is 2.65. The standard InChI is InChI=1S/C92H89N3OSSi/c1-88(2,3)60-34-46-68(47-35-60)93(69-48-36-61(37-49-69)89(4,5)6)70-54-42-64(43-55-70)92(65-44-56-73(57-45-65)98(13,14)15)76-59-79(95(67-28-20-17-21-29-67)72-52-40-63(41-53-72)91(10,11)12)87-83(75-31-23-25-33-81(75)97-87)84(76)85-77(92)58-78(82-74-30-22-24-32-80(74)96-86(82)85)94(66-26-18-16-19-27-66)71-50-38-62(39-51-71)90(7,8)9/h16-59H,1-15H3. The van der Waals surface area contributed by atoms with Crippen LogP contribution in [-0.2, 0) is 27.1 Å². The van der Waals surface area contributed by atoms with Crippen molar-refractivity contribution in [3.05, 3.63) is 311 Å². The number of benzene rings is 12. The Bertz CT molecular complexity index is 5230. The van der Waals surface area contributed by atoms with Gasteiger partial charge in [-0.3, -0.25) is 0 Å². The maximum Gasteiger partial charge on any atom is 0.145 e. The molecule has 0 saturated carbocycles. The molecular weight excluding hydrogens is 1220 g/mol. The summed E-state index contributed by atoms with van der Waals surface area (Å²) in [6.07, 6.45) is 0. The molecule has 0 saturated heterocycles. The van der Waals surface area contributed by atoms with Crippen LogP contribution in [0.2, 0.25) is 19.6 Å². The number of anilines is 9. The summed E-state index contributed by atoms with van der Waals surface area (Å²) < 4.78 is 10.2. The molecule has 12 aromatic carbocycles. The second kappa shape index (κ2) is 23.8. The molecule has 0 spiro atoms. The lowest BCUT2D eigenvalue weighted by atomic mass is 9.67. The number of para-hydroxylation sites is 3. The van der Waals surface area contributed by atoms with Gasteiger partial charge in [0.15, 0.2) is 0 Å². The Balaban J connectivity index is 1.12. The largest absolute Gasteiger partial charge is 0.455 e. The Labute approximate surface area is 585 Å². The summed E-state index contributed by atoms with van der Waals surface area (Å²) in [7, 11) is -1.83. The van der Waals surface area contributed by atoms with Gasteiger partial charge in [-0.15, -0.1) is 11.3 Å². The van der Waals surface area contributed by atoms with Gasteiger partial charge in [-0.25, -0.2) is 0 Å². The van der Waals surface area contributed by atoms with Crippen LogP contribution in [0.15, 0.2) is 271 Å². The number of thiophene rings is 1. The summed E-state index contributed by atoms with van der Waals surface area (Å²) in [4.78, 5) is 7.47. The van der Waals surface area contributed by atoms with Crippen molar-refractivity contribution in [2.24, 2.45) is 0 Å². The topological polar surface area (TPSA) is 22.9 Å². The van der Waals surface area contributed by atoms with Crippen LogP contribution < -0.4 is 19.9 Å². The first kappa shape index (κ1) is 64.3. The number of fused-ring (bicyclic) bond motifs is 11. The molecule has 1 unspecified atom stereocenters. The van der Waals surface area contributed by atoms with Gasteiger partial charge in [0.05, 0.1) is 34.9 Å². The van der Waals surface area contributed by atoms with E-state index in [0.717, 1.165) is 89.8 Å². The van der Waals surface area contributed by atoms with Crippen LogP contribution in [0, 0.1) is 0 Å². The minimum atomic E-state index is -1.83. The van der Waals surface area contributed by atoms with Crippen molar-refractivity contribution >= 4 is 118 Å². The van der Waals surface area contributed by atoms with Gasteiger partial charge in [0, 0.05) is 66.2 Å². The van der Waals surface area contributed by atoms with E-state index in [1.54, 1.807) is 0 Å². The quantitative estimate of drug-likeness (QED) is 0.114. The van der Waals surface area contributed by atoms with Gasteiger partial charge in [-0.1, -0.05) is 266 Å². The van der Waals surface area contributed by atoms with Crippen molar-refractivity contribution in [2.45, 2.75) is 130 Å². The average Bonchev–Trinajstić information content (AvgIpc) is 1.50. The summed E-state index contributed by atoms with van der Waals surface area (Å²) in [5.74, 6) is 0. The van der Waals surface area contributed by atoms with Crippen LogP contribution >= 0.6 is 11.3 Å². The normalized spacial score (nSPS) is 14.3. The molecule has 0 aliphatic heterocycles. The average molecular weight is 1310 g/mol. The van der Waals surface area contributed by atoms with Crippen molar-refractivity contribution in [3.8, 4) is 11.1 Å². The maximum absolute atomic E-state index is 7.77. The highest BCUT2D eigenvalue weighted by atomic mass is 32.1. The molecule has 0 radical (unpaired) electrons. The minimum Gasteiger partial charge on any atom is -0.455 e. The van der Waals surface area contributed by atoms with Gasteiger partial charge >= 0.3 is 0 Å². The van der Waals surface area contributed by atoms with E-state index >= 15 is 0 Å². The van der Waals surface area contributed by atoms with E-state index in [2.05, 4.69) is 384 Å². The molecule has 98 heavy (non-hydrogen) atoms. The van der Waals surface area contributed by atoms with E-state index in [1.807, 2.05) is 11.3 Å².